The van der Waals surface area contributed by atoms with Gasteiger partial charge in [-0.05, 0) is 6.42 Å². The summed E-state index contributed by atoms with van der Waals surface area (Å²) >= 11 is 1.64. The van der Waals surface area contributed by atoms with Crippen LogP contribution in [0.2, 0.25) is 0 Å². The Morgan fingerprint density at radius 1 is 1.47 bits per heavy atom. The van der Waals surface area contributed by atoms with Gasteiger partial charge in [-0.25, -0.2) is 4.98 Å². The van der Waals surface area contributed by atoms with Gasteiger partial charge in [0.2, 0.25) is 0 Å². The van der Waals surface area contributed by atoms with Crippen LogP contribution in [0.15, 0.2) is 11.6 Å². The van der Waals surface area contributed by atoms with Crippen molar-refractivity contribution in [2.24, 2.45) is 0 Å². The number of thiazole rings is 1. The fourth-order valence-corrected chi connectivity index (χ4v) is 3.15. The van der Waals surface area contributed by atoms with Crippen molar-refractivity contribution >= 4 is 22.4 Å². The Morgan fingerprint density at radius 3 is 2.74 bits per heavy atom. The van der Waals surface area contributed by atoms with Crippen molar-refractivity contribution in [1.82, 2.24) is 9.88 Å². The molecule has 106 valence electrons. The van der Waals surface area contributed by atoms with E-state index in [1.54, 1.807) is 11.3 Å². The molecule has 1 aliphatic rings. The van der Waals surface area contributed by atoms with Crippen LogP contribution >= 0.6 is 11.3 Å². The quantitative estimate of drug-likeness (QED) is 0.864. The summed E-state index contributed by atoms with van der Waals surface area (Å²) in [4.78, 5) is 20.0. The van der Waals surface area contributed by atoms with Gasteiger partial charge in [-0.2, -0.15) is 0 Å². The Kier molecular flexibility index (Phi) is 5.15. The van der Waals surface area contributed by atoms with Gasteiger partial charge in [-0.1, -0.05) is 19.8 Å². The van der Waals surface area contributed by atoms with Crippen LogP contribution in [0.4, 0.5) is 5.13 Å². The van der Waals surface area contributed by atoms with Crippen molar-refractivity contribution in [2.45, 2.75) is 32.2 Å². The van der Waals surface area contributed by atoms with Crippen LogP contribution in [0.5, 0.6) is 0 Å². The maximum Gasteiger partial charge on any atom is 0.320 e. The van der Waals surface area contributed by atoms with Crippen molar-refractivity contribution in [3.8, 4) is 0 Å². The van der Waals surface area contributed by atoms with Gasteiger partial charge in [0, 0.05) is 37.8 Å². The molecular weight excluding hydrogens is 262 g/mol. The zero-order valence-electron chi connectivity index (χ0n) is 11.3. The molecule has 19 heavy (non-hydrogen) atoms. The van der Waals surface area contributed by atoms with Crippen LogP contribution in [-0.2, 0) is 4.79 Å². The predicted octanol–water partition coefficient (Wildman–Crippen LogP) is 1.91. The first kappa shape index (κ1) is 14.3. The first-order valence-electron chi connectivity index (χ1n) is 6.83. The van der Waals surface area contributed by atoms with E-state index in [1.807, 2.05) is 11.6 Å². The number of hydrogen-bond donors (Lipinski definition) is 1. The van der Waals surface area contributed by atoms with E-state index in [0.29, 0.717) is 0 Å². The summed E-state index contributed by atoms with van der Waals surface area (Å²) in [5, 5.41) is 12.4. The van der Waals surface area contributed by atoms with Crippen LogP contribution < -0.4 is 4.90 Å². The van der Waals surface area contributed by atoms with Crippen molar-refractivity contribution in [2.75, 3.05) is 31.1 Å². The first-order chi connectivity index (χ1) is 9.22. The van der Waals surface area contributed by atoms with E-state index in [1.165, 1.54) is 0 Å². The maximum absolute atomic E-state index is 11.3. The third kappa shape index (κ3) is 3.67. The predicted molar refractivity (Wildman–Crippen MR) is 76.8 cm³/mol. The molecule has 0 radical (unpaired) electrons. The van der Waals surface area contributed by atoms with Gasteiger partial charge < -0.3 is 10.0 Å². The highest BCUT2D eigenvalue weighted by atomic mass is 32.1. The van der Waals surface area contributed by atoms with Crippen LogP contribution in [-0.4, -0.2) is 53.2 Å². The highest BCUT2D eigenvalue weighted by Crippen LogP contribution is 2.20. The number of carbonyl (C=O) groups is 1. The lowest BCUT2D eigenvalue weighted by atomic mass is 10.1. The molecule has 1 atom stereocenters. The summed E-state index contributed by atoms with van der Waals surface area (Å²) in [6, 6.07) is -0.321. The summed E-state index contributed by atoms with van der Waals surface area (Å²) in [7, 11) is 0. The van der Waals surface area contributed by atoms with Gasteiger partial charge in [0.1, 0.15) is 6.04 Å². The second kappa shape index (κ2) is 6.86. The largest absolute Gasteiger partial charge is 0.480 e. The van der Waals surface area contributed by atoms with E-state index < -0.39 is 5.97 Å². The van der Waals surface area contributed by atoms with Crippen LogP contribution in [0, 0.1) is 0 Å². The molecule has 6 heteroatoms. The Hall–Kier alpha value is -1.14. The average Bonchev–Trinajstić information content (AvgIpc) is 2.93. The SMILES string of the molecule is CCCCC(C(=O)O)N1CCN(c2nccs2)CC1. The molecule has 0 saturated carbocycles. The molecule has 0 bridgehead atoms. The Bertz CT molecular complexity index is 389. The fraction of sp³-hybridized carbons (Fsp3) is 0.692. The summed E-state index contributed by atoms with van der Waals surface area (Å²) in [6.07, 6.45) is 4.59. The molecule has 0 amide bonds. The molecule has 2 heterocycles. The van der Waals surface area contributed by atoms with E-state index in [0.717, 1.165) is 50.6 Å². The molecule has 0 aliphatic carbocycles. The highest BCUT2D eigenvalue weighted by molar-refractivity contribution is 7.13. The molecule has 0 spiro atoms. The average molecular weight is 283 g/mol. The lowest BCUT2D eigenvalue weighted by molar-refractivity contribution is -0.143. The minimum absolute atomic E-state index is 0.321. The number of rotatable bonds is 6. The number of anilines is 1. The minimum Gasteiger partial charge on any atom is -0.480 e. The molecule has 1 saturated heterocycles. The monoisotopic (exact) mass is 283 g/mol. The Balaban J connectivity index is 1.88. The van der Waals surface area contributed by atoms with Gasteiger partial charge in [0.25, 0.3) is 0 Å². The van der Waals surface area contributed by atoms with E-state index in [-0.39, 0.29) is 6.04 Å². The smallest absolute Gasteiger partial charge is 0.320 e. The number of hydrogen-bond acceptors (Lipinski definition) is 5. The molecule has 1 aromatic heterocycles. The van der Waals surface area contributed by atoms with Crippen molar-refractivity contribution in [3.05, 3.63) is 11.6 Å². The van der Waals surface area contributed by atoms with Gasteiger partial charge >= 0.3 is 5.97 Å². The van der Waals surface area contributed by atoms with Crippen LogP contribution in [0.1, 0.15) is 26.2 Å². The zero-order valence-corrected chi connectivity index (χ0v) is 12.1. The summed E-state index contributed by atoms with van der Waals surface area (Å²) < 4.78 is 0. The van der Waals surface area contributed by atoms with Crippen molar-refractivity contribution in [1.29, 1.82) is 0 Å². The highest BCUT2D eigenvalue weighted by Gasteiger charge is 2.28. The summed E-state index contributed by atoms with van der Waals surface area (Å²) in [6.45, 7) is 5.44. The molecule has 2 rings (SSSR count). The first-order valence-corrected chi connectivity index (χ1v) is 7.71. The second-order valence-corrected chi connectivity index (χ2v) is 5.71. The molecule has 1 fully saturated rings. The Morgan fingerprint density at radius 2 is 2.21 bits per heavy atom. The number of carboxylic acid groups (broad SMARTS) is 1. The topological polar surface area (TPSA) is 56.7 Å². The lowest BCUT2D eigenvalue weighted by Gasteiger charge is -2.37. The maximum atomic E-state index is 11.3. The second-order valence-electron chi connectivity index (χ2n) is 4.83. The number of piperazine rings is 1. The van der Waals surface area contributed by atoms with E-state index in [4.69, 9.17) is 0 Å². The zero-order chi connectivity index (χ0) is 13.7. The molecular formula is C13H21N3O2S. The van der Waals surface area contributed by atoms with Gasteiger partial charge in [0.15, 0.2) is 5.13 Å². The third-order valence-corrected chi connectivity index (χ3v) is 4.39. The van der Waals surface area contributed by atoms with Crippen molar-refractivity contribution < 1.29 is 9.90 Å². The molecule has 1 N–H and O–H groups in total. The van der Waals surface area contributed by atoms with Crippen LogP contribution in [0.3, 0.4) is 0 Å². The third-order valence-electron chi connectivity index (χ3n) is 3.56. The van der Waals surface area contributed by atoms with Gasteiger partial charge in [-0.15, -0.1) is 11.3 Å². The van der Waals surface area contributed by atoms with E-state index in [2.05, 4.69) is 21.7 Å². The normalized spacial score (nSPS) is 18.5. The number of unbranched alkanes of at least 4 members (excludes halogenated alkanes) is 1. The number of nitrogens with zero attached hydrogens (tertiary/aromatic N) is 3. The standard InChI is InChI=1S/C13H21N3O2S/c1-2-3-4-11(12(17)18)15-6-8-16(9-7-15)13-14-5-10-19-13/h5,10-11H,2-4,6-9H2,1H3,(H,17,18). The van der Waals surface area contributed by atoms with E-state index in [9.17, 15) is 9.90 Å². The van der Waals surface area contributed by atoms with Crippen LogP contribution in [0.25, 0.3) is 0 Å². The molecule has 0 aromatic carbocycles. The lowest BCUT2D eigenvalue weighted by Crippen LogP contribution is -2.52. The summed E-state index contributed by atoms with van der Waals surface area (Å²) in [5.74, 6) is -0.684. The molecule has 1 unspecified atom stereocenters. The number of aliphatic carboxylic acids is 1. The molecule has 1 aliphatic heterocycles. The van der Waals surface area contributed by atoms with Crippen molar-refractivity contribution in [3.63, 3.8) is 0 Å². The molecule has 5 nitrogen and oxygen atoms in total. The Labute approximate surface area is 117 Å². The fourth-order valence-electron chi connectivity index (χ4n) is 2.46. The van der Waals surface area contributed by atoms with E-state index >= 15 is 0 Å². The number of aromatic nitrogens is 1. The van der Waals surface area contributed by atoms with Gasteiger partial charge in [0.05, 0.1) is 0 Å². The van der Waals surface area contributed by atoms with Gasteiger partial charge in [-0.3, -0.25) is 9.69 Å². The number of carboxylic acids is 1. The minimum atomic E-state index is -0.684. The summed E-state index contributed by atoms with van der Waals surface area (Å²) in [5.41, 5.74) is 0. The molecule has 1 aromatic rings.